The van der Waals surface area contributed by atoms with Crippen molar-refractivity contribution in [1.82, 2.24) is 10.6 Å². The molecule has 104 valence electrons. The van der Waals surface area contributed by atoms with Crippen LogP contribution < -0.4 is 16.4 Å². The monoisotopic (exact) mass is 273 g/mol. The van der Waals surface area contributed by atoms with Gasteiger partial charge in [-0.05, 0) is 12.8 Å². The third kappa shape index (κ3) is 8.00. The van der Waals surface area contributed by atoms with Crippen LogP contribution >= 0.6 is 12.2 Å². The number of nitrogens with one attached hydrogen (secondary N) is 2. The van der Waals surface area contributed by atoms with Gasteiger partial charge in [-0.25, -0.2) is 0 Å². The SMILES string of the molecule is CCCCC(CCC)NC(=O)C(=O)NCC(N)=S. The summed E-state index contributed by atoms with van der Waals surface area (Å²) < 4.78 is 0. The zero-order chi connectivity index (χ0) is 14.0. The van der Waals surface area contributed by atoms with Gasteiger partial charge < -0.3 is 16.4 Å². The Morgan fingerprint density at radius 1 is 1.17 bits per heavy atom. The van der Waals surface area contributed by atoms with Gasteiger partial charge in [0.25, 0.3) is 0 Å². The molecule has 1 unspecified atom stereocenters. The van der Waals surface area contributed by atoms with Gasteiger partial charge in [-0.15, -0.1) is 0 Å². The predicted octanol–water partition coefficient (Wildman–Crippen LogP) is 0.864. The number of carbonyl (C=O) groups is 2. The van der Waals surface area contributed by atoms with Crippen LogP contribution in [0.1, 0.15) is 46.0 Å². The van der Waals surface area contributed by atoms with Crippen molar-refractivity contribution in [2.75, 3.05) is 6.54 Å². The standard InChI is InChI=1S/C12H23N3O2S/c1-3-5-7-9(6-4-2)15-12(17)11(16)14-8-10(13)18/h9H,3-8H2,1-2H3,(H2,13,18)(H,14,16)(H,15,17). The van der Waals surface area contributed by atoms with E-state index in [0.29, 0.717) is 0 Å². The molecule has 0 radical (unpaired) electrons. The number of nitrogens with two attached hydrogens (primary N) is 1. The highest BCUT2D eigenvalue weighted by Gasteiger charge is 2.17. The van der Waals surface area contributed by atoms with Crippen molar-refractivity contribution in [1.29, 1.82) is 0 Å². The van der Waals surface area contributed by atoms with Gasteiger partial charge in [0, 0.05) is 6.04 Å². The quantitative estimate of drug-likeness (QED) is 0.452. The Hall–Kier alpha value is -1.17. The predicted molar refractivity (Wildman–Crippen MR) is 76.2 cm³/mol. The largest absolute Gasteiger partial charge is 0.392 e. The molecule has 0 spiro atoms. The van der Waals surface area contributed by atoms with E-state index in [1.54, 1.807) is 0 Å². The lowest BCUT2D eigenvalue weighted by atomic mass is 10.1. The van der Waals surface area contributed by atoms with Crippen molar-refractivity contribution in [3.63, 3.8) is 0 Å². The summed E-state index contributed by atoms with van der Waals surface area (Å²) >= 11 is 4.62. The maximum Gasteiger partial charge on any atom is 0.309 e. The highest BCUT2D eigenvalue weighted by molar-refractivity contribution is 7.80. The summed E-state index contributed by atoms with van der Waals surface area (Å²) in [4.78, 5) is 23.2. The van der Waals surface area contributed by atoms with Gasteiger partial charge in [-0.3, -0.25) is 9.59 Å². The first-order valence-corrected chi connectivity index (χ1v) is 6.79. The Labute approximate surface area is 114 Å². The third-order valence-electron chi connectivity index (χ3n) is 2.51. The van der Waals surface area contributed by atoms with Crippen LogP contribution in [-0.2, 0) is 9.59 Å². The number of thiocarbonyl (C=S) groups is 1. The molecule has 0 aliphatic carbocycles. The van der Waals surface area contributed by atoms with Crippen LogP contribution in [0.3, 0.4) is 0 Å². The second kappa shape index (κ2) is 9.82. The number of unbranched alkanes of at least 4 members (excludes halogenated alkanes) is 1. The minimum atomic E-state index is -0.680. The average molecular weight is 273 g/mol. The molecular weight excluding hydrogens is 250 g/mol. The Morgan fingerprint density at radius 3 is 2.33 bits per heavy atom. The second-order valence-corrected chi connectivity index (χ2v) is 4.77. The fraction of sp³-hybridized carbons (Fsp3) is 0.750. The summed E-state index contributed by atoms with van der Waals surface area (Å²) in [5, 5.41) is 5.11. The van der Waals surface area contributed by atoms with Crippen LogP contribution in [0.4, 0.5) is 0 Å². The molecule has 0 heterocycles. The average Bonchev–Trinajstić information content (AvgIpc) is 2.33. The van der Waals surface area contributed by atoms with E-state index in [4.69, 9.17) is 5.73 Å². The molecule has 1 atom stereocenters. The Kier molecular flexibility index (Phi) is 9.18. The first-order chi connectivity index (χ1) is 8.51. The lowest BCUT2D eigenvalue weighted by molar-refractivity contribution is -0.139. The summed E-state index contributed by atoms with van der Waals surface area (Å²) in [6, 6.07) is 0.0676. The fourth-order valence-corrected chi connectivity index (χ4v) is 1.66. The molecule has 6 heteroatoms. The van der Waals surface area contributed by atoms with Crippen molar-refractivity contribution < 1.29 is 9.59 Å². The molecule has 18 heavy (non-hydrogen) atoms. The molecule has 0 aromatic rings. The fourth-order valence-electron chi connectivity index (χ4n) is 1.59. The summed E-state index contributed by atoms with van der Waals surface area (Å²) in [6.45, 7) is 4.20. The molecule has 0 rings (SSSR count). The minimum absolute atomic E-state index is 0.0506. The third-order valence-corrected chi connectivity index (χ3v) is 2.65. The van der Waals surface area contributed by atoms with Crippen molar-refractivity contribution in [2.45, 2.75) is 52.0 Å². The normalized spacial score (nSPS) is 11.7. The van der Waals surface area contributed by atoms with Crippen LogP contribution in [0.15, 0.2) is 0 Å². The summed E-state index contributed by atoms with van der Waals surface area (Å²) in [5.74, 6) is -1.29. The lowest BCUT2D eigenvalue weighted by Gasteiger charge is -2.17. The number of hydrogen-bond donors (Lipinski definition) is 3. The van der Waals surface area contributed by atoms with E-state index < -0.39 is 11.8 Å². The van der Waals surface area contributed by atoms with E-state index in [9.17, 15) is 9.59 Å². The molecule has 0 aliphatic heterocycles. The number of hydrogen-bond acceptors (Lipinski definition) is 3. The molecule has 0 aromatic carbocycles. The molecule has 5 nitrogen and oxygen atoms in total. The lowest BCUT2D eigenvalue weighted by Crippen LogP contribution is -2.46. The molecule has 0 bridgehead atoms. The van der Waals surface area contributed by atoms with Crippen LogP contribution in [0, 0.1) is 0 Å². The number of rotatable bonds is 8. The molecular formula is C12H23N3O2S. The van der Waals surface area contributed by atoms with Gasteiger partial charge in [0.2, 0.25) is 0 Å². The van der Waals surface area contributed by atoms with E-state index in [0.717, 1.165) is 32.1 Å². The molecule has 0 saturated carbocycles. The molecule has 0 aromatic heterocycles. The van der Waals surface area contributed by atoms with Crippen LogP contribution in [0.5, 0.6) is 0 Å². The Bertz CT molecular complexity index is 295. The van der Waals surface area contributed by atoms with E-state index in [-0.39, 0.29) is 17.6 Å². The van der Waals surface area contributed by atoms with Crippen LogP contribution in [0.2, 0.25) is 0 Å². The van der Waals surface area contributed by atoms with Gasteiger partial charge in [-0.1, -0.05) is 45.3 Å². The zero-order valence-corrected chi connectivity index (χ0v) is 11.9. The van der Waals surface area contributed by atoms with Gasteiger partial charge in [0.05, 0.1) is 11.5 Å². The number of carbonyl (C=O) groups excluding carboxylic acids is 2. The van der Waals surface area contributed by atoms with Gasteiger partial charge in [-0.2, -0.15) is 0 Å². The number of amides is 2. The Morgan fingerprint density at radius 2 is 1.83 bits per heavy atom. The van der Waals surface area contributed by atoms with Crippen molar-refractivity contribution in [3.8, 4) is 0 Å². The summed E-state index contributed by atoms with van der Waals surface area (Å²) in [5.41, 5.74) is 5.24. The van der Waals surface area contributed by atoms with Gasteiger partial charge in [0.1, 0.15) is 0 Å². The van der Waals surface area contributed by atoms with Crippen LogP contribution in [-0.4, -0.2) is 29.4 Å². The molecule has 2 amide bonds. The van der Waals surface area contributed by atoms with Crippen molar-refractivity contribution in [2.24, 2.45) is 5.73 Å². The molecule has 4 N–H and O–H groups in total. The first kappa shape index (κ1) is 16.8. The van der Waals surface area contributed by atoms with E-state index in [1.165, 1.54) is 0 Å². The van der Waals surface area contributed by atoms with Crippen molar-refractivity contribution in [3.05, 3.63) is 0 Å². The van der Waals surface area contributed by atoms with E-state index >= 15 is 0 Å². The maximum absolute atomic E-state index is 11.6. The maximum atomic E-state index is 11.6. The van der Waals surface area contributed by atoms with Gasteiger partial charge >= 0.3 is 11.8 Å². The van der Waals surface area contributed by atoms with Gasteiger partial charge in [0.15, 0.2) is 0 Å². The van der Waals surface area contributed by atoms with Crippen LogP contribution in [0.25, 0.3) is 0 Å². The van der Waals surface area contributed by atoms with Crippen molar-refractivity contribution >= 4 is 29.0 Å². The second-order valence-electron chi connectivity index (χ2n) is 4.25. The molecule has 0 saturated heterocycles. The first-order valence-electron chi connectivity index (χ1n) is 6.38. The highest BCUT2D eigenvalue weighted by Crippen LogP contribution is 2.06. The summed E-state index contributed by atoms with van der Waals surface area (Å²) in [7, 11) is 0. The molecule has 0 fully saturated rings. The minimum Gasteiger partial charge on any atom is -0.392 e. The summed E-state index contributed by atoms with van der Waals surface area (Å²) in [6.07, 6.45) is 4.87. The van der Waals surface area contributed by atoms with E-state index in [2.05, 4.69) is 36.7 Å². The zero-order valence-electron chi connectivity index (χ0n) is 11.1. The van der Waals surface area contributed by atoms with E-state index in [1.807, 2.05) is 0 Å². The smallest absolute Gasteiger partial charge is 0.309 e. The topological polar surface area (TPSA) is 84.2 Å². The Balaban J connectivity index is 4.13. The highest BCUT2D eigenvalue weighted by atomic mass is 32.1. The molecule has 0 aliphatic rings.